The molecule has 6 heteroatoms. The third-order valence-electron chi connectivity index (χ3n) is 3.18. The second-order valence-corrected chi connectivity index (χ2v) is 6.53. The topological polar surface area (TPSA) is 72.2 Å². The van der Waals surface area contributed by atoms with Crippen molar-refractivity contribution in [2.24, 2.45) is 5.14 Å². The molecule has 0 amide bonds. The first kappa shape index (κ1) is 15.5. The second-order valence-electron chi connectivity index (χ2n) is 4.97. The van der Waals surface area contributed by atoms with Crippen molar-refractivity contribution in [2.45, 2.75) is 25.3 Å². The molecule has 3 N–H and O–H groups in total. The molecule has 0 saturated heterocycles. The van der Waals surface area contributed by atoms with Crippen molar-refractivity contribution in [3.63, 3.8) is 0 Å². The molecule has 2 aromatic rings. The van der Waals surface area contributed by atoms with E-state index >= 15 is 0 Å². The predicted molar refractivity (Wildman–Crippen MR) is 81.0 cm³/mol. The van der Waals surface area contributed by atoms with Gasteiger partial charge in [-0.05, 0) is 54.8 Å². The first-order valence-corrected chi connectivity index (χ1v) is 7.94. The zero-order chi connectivity index (χ0) is 15.6. The van der Waals surface area contributed by atoms with Gasteiger partial charge in [-0.1, -0.05) is 12.1 Å². The summed E-state index contributed by atoms with van der Waals surface area (Å²) in [4.78, 5) is 0.0709. The van der Waals surface area contributed by atoms with Crippen LogP contribution in [0, 0.1) is 19.7 Å². The van der Waals surface area contributed by atoms with Gasteiger partial charge in [-0.25, -0.2) is 17.9 Å². The van der Waals surface area contributed by atoms with Gasteiger partial charge in [0.25, 0.3) is 0 Å². The number of halogens is 1. The van der Waals surface area contributed by atoms with E-state index in [2.05, 4.69) is 5.32 Å². The molecule has 0 spiro atoms. The van der Waals surface area contributed by atoms with Crippen molar-refractivity contribution in [3.8, 4) is 0 Å². The molecular formula is C15H17FN2O2S. The van der Waals surface area contributed by atoms with E-state index in [4.69, 9.17) is 5.14 Å². The molecule has 0 bridgehead atoms. The quantitative estimate of drug-likeness (QED) is 0.912. The van der Waals surface area contributed by atoms with E-state index in [0.29, 0.717) is 17.7 Å². The molecule has 0 radical (unpaired) electrons. The maximum Gasteiger partial charge on any atom is 0.238 e. The zero-order valence-electron chi connectivity index (χ0n) is 11.9. The minimum atomic E-state index is -3.67. The Morgan fingerprint density at radius 3 is 2.10 bits per heavy atom. The van der Waals surface area contributed by atoms with Gasteiger partial charge < -0.3 is 5.32 Å². The fourth-order valence-electron chi connectivity index (χ4n) is 2.10. The van der Waals surface area contributed by atoms with Crippen LogP contribution in [0.3, 0.4) is 0 Å². The molecule has 0 aliphatic heterocycles. The Labute approximate surface area is 123 Å². The van der Waals surface area contributed by atoms with Crippen LogP contribution in [-0.2, 0) is 16.6 Å². The first-order chi connectivity index (χ1) is 9.77. The van der Waals surface area contributed by atoms with Gasteiger partial charge in [-0.15, -0.1) is 0 Å². The molecule has 0 aromatic heterocycles. The summed E-state index contributed by atoms with van der Waals surface area (Å²) in [5, 5.41) is 8.19. The van der Waals surface area contributed by atoms with Crippen molar-refractivity contribution in [1.29, 1.82) is 0 Å². The SMILES string of the molecule is Cc1cc(CNc2ccc(S(N)(=O)=O)cc2)cc(C)c1F. The maximum atomic E-state index is 13.5. The third-order valence-corrected chi connectivity index (χ3v) is 4.10. The van der Waals surface area contributed by atoms with Gasteiger partial charge in [-0.2, -0.15) is 0 Å². The predicted octanol–water partition coefficient (Wildman–Crippen LogP) is 2.70. The van der Waals surface area contributed by atoms with Gasteiger partial charge in [0.1, 0.15) is 5.82 Å². The molecule has 0 aliphatic carbocycles. The van der Waals surface area contributed by atoms with Crippen molar-refractivity contribution < 1.29 is 12.8 Å². The van der Waals surface area contributed by atoms with Crippen molar-refractivity contribution in [3.05, 3.63) is 58.9 Å². The fourth-order valence-corrected chi connectivity index (χ4v) is 2.62. The normalized spacial score (nSPS) is 11.4. The molecule has 112 valence electrons. The summed E-state index contributed by atoms with van der Waals surface area (Å²) in [5.41, 5.74) is 2.94. The summed E-state index contributed by atoms with van der Waals surface area (Å²) >= 11 is 0. The van der Waals surface area contributed by atoms with E-state index in [1.54, 1.807) is 38.1 Å². The Balaban J connectivity index is 2.10. The van der Waals surface area contributed by atoms with Crippen LogP contribution in [0.5, 0.6) is 0 Å². The monoisotopic (exact) mass is 308 g/mol. The van der Waals surface area contributed by atoms with Crippen molar-refractivity contribution in [1.82, 2.24) is 0 Å². The Bertz CT molecular complexity index is 733. The number of sulfonamides is 1. The summed E-state index contributed by atoms with van der Waals surface area (Å²) in [7, 11) is -3.67. The highest BCUT2D eigenvalue weighted by Crippen LogP contribution is 2.17. The molecule has 0 unspecified atom stereocenters. The highest BCUT2D eigenvalue weighted by Gasteiger charge is 2.07. The minimum Gasteiger partial charge on any atom is -0.381 e. The standard InChI is InChI=1S/C15H17FN2O2S/c1-10-7-12(8-11(2)15(10)16)9-18-13-3-5-14(6-4-13)21(17,19)20/h3-8,18H,9H2,1-2H3,(H2,17,19,20). The van der Waals surface area contributed by atoms with Gasteiger partial charge in [0.2, 0.25) is 10.0 Å². The third kappa shape index (κ3) is 3.80. The number of primary sulfonamides is 1. The lowest BCUT2D eigenvalue weighted by Crippen LogP contribution is -2.12. The summed E-state index contributed by atoms with van der Waals surface area (Å²) in [6, 6.07) is 9.74. The Morgan fingerprint density at radius 1 is 1.10 bits per heavy atom. The van der Waals surface area contributed by atoms with Crippen LogP contribution in [0.2, 0.25) is 0 Å². The zero-order valence-corrected chi connectivity index (χ0v) is 12.7. The van der Waals surface area contributed by atoms with Crippen LogP contribution in [0.15, 0.2) is 41.3 Å². The highest BCUT2D eigenvalue weighted by molar-refractivity contribution is 7.89. The lowest BCUT2D eigenvalue weighted by atomic mass is 10.1. The van der Waals surface area contributed by atoms with Crippen LogP contribution in [0.1, 0.15) is 16.7 Å². The first-order valence-electron chi connectivity index (χ1n) is 6.40. The van der Waals surface area contributed by atoms with E-state index in [1.807, 2.05) is 0 Å². The van der Waals surface area contributed by atoms with Crippen molar-refractivity contribution in [2.75, 3.05) is 5.32 Å². The molecule has 0 aliphatic rings. The summed E-state index contributed by atoms with van der Waals surface area (Å²) in [6.45, 7) is 3.98. The average Bonchev–Trinajstić information content (AvgIpc) is 2.42. The minimum absolute atomic E-state index is 0.0709. The number of nitrogens with two attached hydrogens (primary N) is 1. The number of hydrogen-bond donors (Lipinski definition) is 2. The Hall–Kier alpha value is -1.92. The molecule has 0 fully saturated rings. The van der Waals surface area contributed by atoms with E-state index in [1.165, 1.54) is 12.1 Å². The number of nitrogens with one attached hydrogen (secondary N) is 1. The van der Waals surface area contributed by atoms with Crippen LogP contribution in [-0.4, -0.2) is 8.42 Å². The molecule has 4 nitrogen and oxygen atoms in total. The summed E-state index contributed by atoms with van der Waals surface area (Å²) < 4.78 is 35.8. The number of benzene rings is 2. The number of anilines is 1. The molecule has 0 heterocycles. The summed E-state index contributed by atoms with van der Waals surface area (Å²) in [5.74, 6) is -0.184. The van der Waals surface area contributed by atoms with Gasteiger partial charge in [0.05, 0.1) is 4.90 Å². The van der Waals surface area contributed by atoms with E-state index in [9.17, 15) is 12.8 Å². The molecule has 0 saturated carbocycles. The number of hydrogen-bond acceptors (Lipinski definition) is 3. The van der Waals surface area contributed by atoms with Crippen LogP contribution in [0.25, 0.3) is 0 Å². The van der Waals surface area contributed by atoms with Gasteiger partial charge in [0.15, 0.2) is 0 Å². The smallest absolute Gasteiger partial charge is 0.238 e. The van der Waals surface area contributed by atoms with Crippen molar-refractivity contribution >= 4 is 15.7 Å². The van der Waals surface area contributed by atoms with Gasteiger partial charge >= 0.3 is 0 Å². The molecule has 2 rings (SSSR count). The maximum absolute atomic E-state index is 13.5. The molecular weight excluding hydrogens is 291 g/mol. The fraction of sp³-hybridized carbons (Fsp3) is 0.200. The van der Waals surface area contributed by atoms with Gasteiger partial charge in [0, 0.05) is 12.2 Å². The molecule has 0 atom stereocenters. The number of aryl methyl sites for hydroxylation is 2. The largest absolute Gasteiger partial charge is 0.381 e. The lowest BCUT2D eigenvalue weighted by molar-refractivity contribution is 0.598. The second kappa shape index (κ2) is 5.83. The Kier molecular flexibility index (Phi) is 4.29. The lowest BCUT2D eigenvalue weighted by Gasteiger charge is -2.10. The number of rotatable bonds is 4. The van der Waals surface area contributed by atoms with E-state index < -0.39 is 10.0 Å². The Morgan fingerprint density at radius 2 is 1.62 bits per heavy atom. The van der Waals surface area contributed by atoms with Gasteiger partial charge in [-0.3, -0.25) is 0 Å². The molecule has 2 aromatic carbocycles. The van der Waals surface area contributed by atoms with E-state index in [-0.39, 0.29) is 10.7 Å². The molecule has 21 heavy (non-hydrogen) atoms. The van der Waals surface area contributed by atoms with Crippen LogP contribution in [0.4, 0.5) is 10.1 Å². The van der Waals surface area contributed by atoms with E-state index in [0.717, 1.165) is 11.3 Å². The van der Waals surface area contributed by atoms with Crippen LogP contribution >= 0.6 is 0 Å². The summed E-state index contributed by atoms with van der Waals surface area (Å²) in [6.07, 6.45) is 0. The highest BCUT2D eigenvalue weighted by atomic mass is 32.2. The van der Waals surface area contributed by atoms with Crippen LogP contribution < -0.4 is 10.5 Å². The average molecular weight is 308 g/mol.